The number of hydrogen-bond acceptors (Lipinski definition) is 7. The van der Waals surface area contributed by atoms with Crippen molar-refractivity contribution in [3.8, 4) is 0 Å². The summed E-state index contributed by atoms with van der Waals surface area (Å²) in [6, 6.07) is 10.3. The number of benzene rings is 2. The van der Waals surface area contributed by atoms with Crippen LogP contribution in [0.5, 0.6) is 0 Å². The van der Waals surface area contributed by atoms with Crippen LogP contribution in [0.2, 0.25) is 0 Å². The standard InChI is InChI=1S/C25H32N4O6S2/c1-17(2)15-27(16-18(3)4)37(33,34)21-9-6-19(7-10-21)24(30)26-25-28(12-13-35-5)22-11-8-20(29(31)32)14-23(22)36-25/h6-11,14,17-18H,12-13,15-16H2,1-5H3. The van der Waals surface area contributed by atoms with Crippen molar-refractivity contribution in [3.63, 3.8) is 0 Å². The van der Waals surface area contributed by atoms with E-state index in [1.807, 2.05) is 27.7 Å². The second-order valence-electron chi connectivity index (χ2n) is 9.49. The molecular weight excluding hydrogens is 516 g/mol. The smallest absolute Gasteiger partial charge is 0.279 e. The number of fused-ring (bicyclic) bond motifs is 1. The van der Waals surface area contributed by atoms with Gasteiger partial charge in [-0.2, -0.15) is 9.30 Å². The maximum Gasteiger partial charge on any atom is 0.279 e. The number of carbonyl (C=O) groups is 1. The number of hydrogen-bond donors (Lipinski definition) is 0. The molecule has 1 amide bonds. The van der Waals surface area contributed by atoms with Crippen molar-refractivity contribution in [2.75, 3.05) is 26.8 Å². The Morgan fingerprint density at radius 1 is 1.11 bits per heavy atom. The summed E-state index contributed by atoms with van der Waals surface area (Å²) in [5.41, 5.74) is 0.891. The van der Waals surface area contributed by atoms with Gasteiger partial charge in [0.25, 0.3) is 11.6 Å². The zero-order chi connectivity index (χ0) is 27.3. The number of nitro benzene ring substituents is 1. The summed E-state index contributed by atoms with van der Waals surface area (Å²) in [4.78, 5) is 28.5. The van der Waals surface area contributed by atoms with Crippen molar-refractivity contribution in [2.24, 2.45) is 16.8 Å². The van der Waals surface area contributed by atoms with Gasteiger partial charge in [-0.05, 0) is 42.2 Å². The molecule has 0 atom stereocenters. The lowest BCUT2D eigenvalue weighted by Crippen LogP contribution is -2.37. The van der Waals surface area contributed by atoms with E-state index >= 15 is 0 Å². The number of methoxy groups -OCH3 is 1. The number of ether oxygens (including phenoxy) is 1. The molecule has 1 heterocycles. The molecule has 0 aliphatic rings. The molecule has 10 nitrogen and oxygen atoms in total. The number of nitrogens with zero attached hydrogens (tertiary/aromatic N) is 4. The Kier molecular flexibility index (Phi) is 9.35. The largest absolute Gasteiger partial charge is 0.383 e. The highest BCUT2D eigenvalue weighted by Gasteiger charge is 2.26. The van der Waals surface area contributed by atoms with E-state index in [0.717, 1.165) is 11.3 Å². The molecular formula is C25H32N4O6S2. The second-order valence-corrected chi connectivity index (χ2v) is 12.4. The van der Waals surface area contributed by atoms with Crippen LogP contribution in [0.3, 0.4) is 0 Å². The molecule has 0 N–H and O–H groups in total. The van der Waals surface area contributed by atoms with Crippen LogP contribution in [0.25, 0.3) is 10.2 Å². The SMILES string of the molecule is COCCn1c(=NC(=O)c2ccc(S(=O)(=O)N(CC(C)C)CC(C)C)cc2)sc2cc([N+](=O)[O-])ccc21. The van der Waals surface area contributed by atoms with Gasteiger partial charge < -0.3 is 9.30 Å². The Labute approximate surface area is 220 Å². The fourth-order valence-electron chi connectivity index (χ4n) is 3.81. The van der Waals surface area contributed by atoms with E-state index in [-0.39, 0.29) is 28.0 Å². The molecule has 37 heavy (non-hydrogen) atoms. The van der Waals surface area contributed by atoms with Crippen molar-refractivity contribution in [2.45, 2.75) is 39.1 Å². The van der Waals surface area contributed by atoms with Crippen molar-refractivity contribution >= 4 is 43.2 Å². The molecule has 0 spiro atoms. The van der Waals surface area contributed by atoms with Crippen LogP contribution in [0.15, 0.2) is 52.4 Å². The average molecular weight is 549 g/mol. The number of rotatable bonds is 11. The summed E-state index contributed by atoms with van der Waals surface area (Å²) in [5.74, 6) is -0.209. The van der Waals surface area contributed by atoms with Crippen molar-refractivity contribution < 1.29 is 22.9 Å². The maximum atomic E-state index is 13.3. The van der Waals surface area contributed by atoms with E-state index in [2.05, 4.69) is 4.99 Å². The Morgan fingerprint density at radius 3 is 2.27 bits per heavy atom. The van der Waals surface area contributed by atoms with Crippen LogP contribution in [-0.4, -0.2) is 54.9 Å². The number of sulfonamides is 1. The highest BCUT2D eigenvalue weighted by atomic mass is 32.2. The van der Waals surface area contributed by atoms with Crippen LogP contribution in [-0.2, 0) is 21.3 Å². The Morgan fingerprint density at radius 2 is 1.73 bits per heavy atom. The van der Waals surface area contributed by atoms with Crippen LogP contribution in [0, 0.1) is 22.0 Å². The zero-order valence-electron chi connectivity index (χ0n) is 21.6. The van der Waals surface area contributed by atoms with Gasteiger partial charge >= 0.3 is 0 Å². The number of thiazole rings is 1. The van der Waals surface area contributed by atoms with E-state index in [1.165, 1.54) is 40.7 Å². The van der Waals surface area contributed by atoms with Gasteiger partial charge in [0.2, 0.25) is 10.0 Å². The summed E-state index contributed by atoms with van der Waals surface area (Å²) in [6.07, 6.45) is 0. The number of amides is 1. The number of aromatic nitrogens is 1. The topological polar surface area (TPSA) is 124 Å². The van der Waals surface area contributed by atoms with E-state index < -0.39 is 20.9 Å². The van der Waals surface area contributed by atoms with Crippen LogP contribution >= 0.6 is 11.3 Å². The van der Waals surface area contributed by atoms with Crippen LogP contribution in [0.1, 0.15) is 38.1 Å². The molecule has 0 fully saturated rings. The normalized spacial score (nSPS) is 12.8. The van der Waals surface area contributed by atoms with Crippen LogP contribution < -0.4 is 4.80 Å². The van der Waals surface area contributed by atoms with E-state index in [0.29, 0.717) is 41.3 Å². The molecule has 0 unspecified atom stereocenters. The summed E-state index contributed by atoms with van der Waals surface area (Å²) < 4.78 is 35.6. The second kappa shape index (κ2) is 12.1. The first kappa shape index (κ1) is 28.6. The lowest BCUT2D eigenvalue weighted by Gasteiger charge is -2.25. The van der Waals surface area contributed by atoms with Gasteiger partial charge in [-0.15, -0.1) is 0 Å². The molecule has 1 aromatic heterocycles. The number of carbonyl (C=O) groups excluding carboxylic acids is 1. The highest BCUT2D eigenvalue weighted by molar-refractivity contribution is 7.89. The molecule has 0 aliphatic heterocycles. The summed E-state index contributed by atoms with van der Waals surface area (Å²) in [6.45, 7) is 9.45. The van der Waals surface area contributed by atoms with E-state index in [4.69, 9.17) is 4.74 Å². The quantitative estimate of drug-likeness (QED) is 0.260. The lowest BCUT2D eigenvalue weighted by molar-refractivity contribution is -0.384. The third-order valence-corrected chi connectivity index (χ3v) is 8.36. The molecule has 0 saturated carbocycles. The predicted octanol–water partition coefficient (Wildman–Crippen LogP) is 4.30. The van der Waals surface area contributed by atoms with Gasteiger partial charge in [0.1, 0.15) is 0 Å². The molecule has 0 radical (unpaired) electrons. The maximum absolute atomic E-state index is 13.3. The first-order valence-corrected chi connectivity index (χ1v) is 14.2. The van der Waals surface area contributed by atoms with E-state index in [1.54, 1.807) is 17.7 Å². The number of non-ortho nitro benzene ring substituents is 1. The molecule has 2 aromatic carbocycles. The first-order chi connectivity index (χ1) is 17.4. The Balaban J connectivity index is 1.96. The van der Waals surface area contributed by atoms with Crippen molar-refractivity contribution in [1.29, 1.82) is 0 Å². The lowest BCUT2D eigenvalue weighted by atomic mass is 10.2. The first-order valence-electron chi connectivity index (χ1n) is 11.9. The average Bonchev–Trinajstić information content (AvgIpc) is 3.17. The molecule has 12 heteroatoms. The Hall–Kier alpha value is -2.93. The minimum Gasteiger partial charge on any atom is -0.383 e. The van der Waals surface area contributed by atoms with Gasteiger partial charge in [-0.3, -0.25) is 14.9 Å². The molecule has 200 valence electrons. The third kappa shape index (κ3) is 6.89. The summed E-state index contributed by atoms with van der Waals surface area (Å²) >= 11 is 1.16. The fraction of sp³-hybridized carbons (Fsp3) is 0.440. The van der Waals surface area contributed by atoms with Gasteiger partial charge in [0.05, 0.1) is 26.6 Å². The molecule has 3 rings (SSSR count). The van der Waals surface area contributed by atoms with Gasteiger partial charge in [-0.25, -0.2) is 8.42 Å². The molecule has 0 aliphatic carbocycles. The third-order valence-electron chi connectivity index (χ3n) is 5.47. The zero-order valence-corrected chi connectivity index (χ0v) is 23.2. The molecule has 3 aromatic rings. The van der Waals surface area contributed by atoms with Gasteiger partial charge in [0.15, 0.2) is 4.80 Å². The predicted molar refractivity (Wildman–Crippen MR) is 143 cm³/mol. The van der Waals surface area contributed by atoms with Gasteiger partial charge in [-0.1, -0.05) is 39.0 Å². The molecule has 0 saturated heterocycles. The summed E-state index contributed by atoms with van der Waals surface area (Å²) in [5, 5.41) is 11.2. The van der Waals surface area contributed by atoms with Crippen LogP contribution in [0.4, 0.5) is 5.69 Å². The minimum absolute atomic E-state index is 0.0497. The van der Waals surface area contributed by atoms with Crippen molar-refractivity contribution in [3.05, 3.63) is 62.9 Å². The summed E-state index contributed by atoms with van der Waals surface area (Å²) in [7, 11) is -2.16. The fourth-order valence-corrected chi connectivity index (χ4v) is 6.67. The van der Waals surface area contributed by atoms with E-state index in [9.17, 15) is 23.3 Å². The number of nitro groups is 1. The molecule has 0 bridgehead atoms. The highest BCUT2D eigenvalue weighted by Crippen LogP contribution is 2.24. The van der Waals surface area contributed by atoms with Crippen molar-refractivity contribution in [1.82, 2.24) is 8.87 Å². The van der Waals surface area contributed by atoms with Gasteiger partial charge in [0, 0.05) is 44.4 Å². The minimum atomic E-state index is -3.72. The monoisotopic (exact) mass is 548 g/mol. The Bertz CT molecular complexity index is 1430.